The Morgan fingerprint density at radius 1 is 1.12 bits per heavy atom. The number of hydrogen-bond donors (Lipinski definition) is 2. The minimum absolute atomic E-state index is 0.300. The number of benzene rings is 2. The van der Waals surface area contributed by atoms with E-state index in [0.29, 0.717) is 24.1 Å². The molecule has 1 saturated heterocycles. The first-order chi connectivity index (χ1) is 15.4. The first-order valence-electron chi connectivity index (χ1n) is 11.2. The number of ether oxygens (including phenoxy) is 1. The Kier molecular flexibility index (Phi) is 6.96. The molecule has 170 valence electrons. The molecule has 32 heavy (non-hydrogen) atoms. The molecule has 6 nitrogen and oxygen atoms in total. The topological polar surface area (TPSA) is 80.3 Å². The molecule has 2 aromatic carbocycles. The first kappa shape index (κ1) is 22.6. The van der Waals surface area contributed by atoms with E-state index in [1.54, 1.807) is 6.07 Å². The highest BCUT2D eigenvalue weighted by Gasteiger charge is 2.25. The van der Waals surface area contributed by atoms with Gasteiger partial charge >= 0.3 is 0 Å². The van der Waals surface area contributed by atoms with Crippen molar-refractivity contribution in [2.24, 2.45) is 5.92 Å². The largest absolute Gasteiger partial charge is 0.493 e. The monoisotopic (exact) mass is 453 g/mol. The fourth-order valence-corrected chi connectivity index (χ4v) is 5.17. The van der Waals surface area contributed by atoms with Gasteiger partial charge in [0.25, 0.3) is 0 Å². The third-order valence-electron chi connectivity index (χ3n) is 6.09. The standard InChI is InChI=1S/C25H31N3O3S/c1-18-9-10-23-24(27-18)7-4-8-25(23)31-16-13-22(19-11-14-26-15-12-19)20-5-3-6-21(17-20)28-32(2,29)30/h3-10,17,19,22,26,28H,11-16H2,1-2H3. The highest BCUT2D eigenvalue weighted by Crippen LogP contribution is 2.35. The molecule has 0 aliphatic carbocycles. The van der Waals surface area contributed by atoms with Crippen molar-refractivity contribution in [3.05, 3.63) is 65.9 Å². The van der Waals surface area contributed by atoms with Crippen LogP contribution in [0.3, 0.4) is 0 Å². The predicted octanol–water partition coefficient (Wildman–Crippen LogP) is 4.47. The Balaban J connectivity index is 1.53. The van der Waals surface area contributed by atoms with Crippen LogP contribution >= 0.6 is 0 Å². The van der Waals surface area contributed by atoms with E-state index in [0.717, 1.165) is 60.3 Å². The molecule has 2 N–H and O–H groups in total. The lowest BCUT2D eigenvalue weighted by Gasteiger charge is -2.31. The second kappa shape index (κ2) is 9.88. The van der Waals surface area contributed by atoms with Crippen LogP contribution in [0.15, 0.2) is 54.6 Å². The Morgan fingerprint density at radius 2 is 1.91 bits per heavy atom. The fourth-order valence-electron chi connectivity index (χ4n) is 4.62. The van der Waals surface area contributed by atoms with Crippen molar-refractivity contribution in [1.29, 1.82) is 0 Å². The van der Waals surface area contributed by atoms with Gasteiger partial charge in [-0.2, -0.15) is 0 Å². The molecule has 1 unspecified atom stereocenters. The number of sulfonamides is 1. The number of piperidine rings is 1. The molecule has 4 rings (SSSR count). The summed E-state index contributed by atoms with van der Waals surface area (Å²) in [7, 11) is -3.31. The van der Waals surface area contributed by atoms with Gasteiger partial charge in [-0.25, -0.2) is 8.42 Å². The van der Waals surface area contributed by atoms with Gasteiger partial charge in [0, 0.05) is 16.8 Å². The molecule has 1 aliphatic heterocycles. The lowest BCUT2D eigenvalue weighted by atomic mass is 9.78. The number of rotatable bonds is 8. The zero-order valence-corrected chi connectivity index (χ0v) is 19.5. The van der Waals surface area contributed by atoms with Gasteiger partial charge in [-0.3, -0.25) is 9.71 Å². The van der Waals surface area contributed by atoms with Crippen LogP contribution in [0.1, 0.15) is 36.4 Å². The maximum absolute atomic E-state index is 11.7. The summed E-state index contributed by atoms with van der Waals surface area (Å²) in [6.07, 6.45) is 4.25. The van der Waals surface area contributed by atoms with Crippen molar-refractivity contribution >= 4 is 26.6 Å². The van der Waals surface area contributed by atoms with E-state index >= 15 is 0 Å². The van der Waals surface area contributed by atoms with Gasteiger partial charge in [-0.15, -0.1) is 0 Å². The quantitative estimate of drug-likeness (QED) is 0.526. The van der Waals surface area contributed by atoms with E-state index in [4.69, 9.17) is 4.74 Å². The summed E-state index contributed by atoms with van der Waals surface area (Å²) < 4.78 is 32.2. The third kappa shape index (κ3) is 5.78. The maximum Gasteiger partial charge on any atom is 0.229 e. The summed E-state index contributed by atoms with van der Waals surface area (Å²) in [6.45, 7) is 4.60. The number of nitrogens with zero attached hydrogens (tertiary/aromatic N) is 1. The van der Waals surface area contributed by atoms with Crippen LogP contribution in [-0.2, 0) is 10.0 Å². The third-order valence-corrected chi connectivity index (χ3v) is 6.69. The van der Waals surface area contributed by atoms with Crippen molar-refractivity contribution in [2.75, 3.05) is 30.7 Å². The molecule has 0 spiro atoms. The van der Waals surface area contributed by atoms with Gasteiger partial charge in [0.05, 0.1) is 18.4 Å². The molecule has 2 heterocycles. The summed E-state index contributed by atoms with van der Waals surface area (Å²) in [4.78, 5) is 4.60. The summed E-state index contributed by atoms with van der Waals surface area (Å²) in [6, 6.07) is 17.9. The molecule has 1 fully saturated rings. The van der Waals surface area contributed by atoms with E-state index in [9.17, 15) is 8.42 Å². The molecular formula is C25H31N3O3S. The van der Waals surface area contributed by atoms with Crippen molar-refractivity contribution < 1.29 is 13.2 Å². The smallest absolute Gasteiger partial charge is 0.229 e. The number of fused-ring (bicyclic) bond motifs is 1. The molecule has 0 saturated carbocycles. The number of hydrogen-bond acceptors (Lipinski definition) is 5. The Bertz CT molecular complexity index is 1170. The molecule has 3 aromatic rings. The van der Waals surface area contributed by atoms with E-state index in [1.807, 2.05) is 43.3 Å². The number of aryl methyl sites for hydroxylation is 1. The summed E-state index contributed by atoms with van der Waals surface area (Å²) >= 11 is 0. The molecule has 0 bridgehead atoms. The molecule has 1 atom stereocenters. The number of aromatic nitrogens is 1. The van der Waals surface area contributed by atoms with Crippen LogP contribution in [0.2, 0.25) is 0 Å². The normalized spacial score (nSPS) is 16.1. The first-order valence-corrected chi connectivity index (χ1v) is 13.1. The number of anilines is 1. The summed E-state index contributed by atoms with van der Waals surface area (Å²) in [5.74, 6) is 1.69. The Hall–Kier alpha value is -2.64. The predicted molar refractivity (Wildman–Crippen MR) is 130 cm³/mol. The van der Waals surface area contributed by atoms with Crippen LogP contribution < -0.4 is 14.8 Å². The van der Waals surface area contributed by atoms with E-state index in [-0.39, 0.29) is 0 Å². The minimum atomic E-state index is -3.31. The zero-order chi connectivity index (χ0) is 22.6. The van der Waals surface area contributed by atoms with Gasteiger partial charge in [0.1, 0.15) is 5.75 Å². The van der Waals surface area contributed by atoms with Gasteiger partial charge in [-0.1, -0.05) is 18.2 Å². The van der Waals surface area contributed by atoms with E-state index in [2.05, 4.69) is 27.2 Å². The van der Waals surface area contributed by atoms with Crippen LogP contribution in [0, 0.1) is 12.8 Å². The highest BCUT2D eigenvalue weighted by molar-refractivity contribution is 7.92. The second-order valence-corrected chi connectivity index (χ2v) is 10.4. The van der Waals surface area contributed by atoms with Gasteiger partial charge in [0.15, 0.2) is 0 Å². The average molecular weight is 454 g/mol. The molecule has 0 radical (unpaired) electrons. The van der Waals surface area contributed by atoms with Gasteiger partial charge < -0.3 is 10.1 Å². The lowest BCUT2D eigenvalue weighted by Crippen LogP contribution is -2.31. The minimum Gasteiger partial charge on any atom is -0.493 e. The van der Waals surface area contributed by atoms with Crippen molar-refractivity contribution in [3.8, 4) is 5.75 Å². The van der Waals surface area contributed by atoms with Crippen LogP contribution in [0.25, 0.3) is 10.9 Å². The zero-order valence-electron chi connectivity index (χ0n) is 18.7. The van der Waals surface area contributed by atoms with Crippen molar-refractivity contribution in [1.82, 2.24) is 10.3 Å². The maximum atomic E-state index is 11.7. The Morgan fingerprint density at radius 3 is 2.69 bits per heavy atom. The van der Waals surface area contributed by atoms with E-state index in [1.165, 1.54) is 6.26 Å². The summed E-state index contributed by atoms with van der Waals surface area (Å²) in [5, 5.41) is 4.46. The number of pyridine rings is 1. The second-order valence-electron chi connectivity index (χ2n) is 8.61. The van der Waals surface area contributed by atoms with Crippen LogP contribution in [0.4, 0.5) is 5.69 Å². The molecule has 1 aromatic heterocycles. The lowest BCUT2D eigenvalue weighted by molar-refractivity contribution is 0.249. The molecular weight excluding hydrogens is 422 g/mol. The van der Waals surface area contributed by atoms with Crippen molar-refractivity contribution in [3.63, 3.8) is 0 Å². The fraction of sp³-hybridized carbons (Fsp3) is 0.400. The van der Waals surface area contributed by atoms with Crippen LogP contribution in [0.5, 0.6) is 5.75 Å². The van der Waals surface area contributed by atoms with Crippen LogP contribution in [-0.4, -0.2) is 39.4 Å². The van der Waals surface area contributed by atoms with Gasteiger partial charge in [0.2, 0.25) is 10.0 Å². The van der Waals surface area contributed by atoms with E-state index < -0.39 is 10.0 Å². The average Bonchev–Trinajstić information content (AvgIpc) is 2.76. The molecule has 7 heteroatoms. The van der Waals surface area contributed by atoms with Gasteiger partial charge in [-0.05, 0) is 93.1 Å². The SMILES string of the molecule is Cc1ccc2c(OCCC(c3cccc(NS(C)(=O)=O)c3)C3CCNCC3)cccc2n1. The molecule has 0 amide bonds. The highest BCUT2D eigenvalue weighted by atomic mass is 32.2. The van der Waals surface area contributed by atoms with Crippen molar-refractivity contribution in [2.45, 2.75) is 32.1 Å². The number of nitrogens with one attached hydrogen (secondary N) is 2. The Labute approximate surface area is 190 Å². The molecule has 1 aliphatic rings. The summed E-state index contributed by atoms with van der Waals surface area (Å²) in [5.41, 5.74) is 3.70.